The standard InChI is InChI=1S/C19H15N3O2S/c1-11(10-20)24-13-8-6-12(7-9-13)18-21-16-14-4-2-3-5-15(14)25-17(16)19(23)22-18/h2-9,11,18,21H,1H3,(H,22,23). The van der Waals surface area contributed by atoms with Gasteiger partial charge in [0, 0.05) is 10.1 Å². The van der Waals surface area contributed by atoms with E-state index >= 15 is 0 Å². The van der Waals surface area contributed by atoms with Crippen molar-refractivity contribution in [3.63, 3.8) is 0 Å². The maximum absolute atomic E-state index is 12.5. The SMILES string of the molecule is CC(C#N)Oc1ccc(C2NC(=O)c3sc4ccccc4c3N2)cc1. The summed E-state index contributed by atoms with van der Waals surface area (Å²) in [4.78, 5) is 13.2. The Hall–Kier alpha value is -3.04. The van der Waals surface area contributed by atoms with Crippen LogP contribution in [0.3, 0.4) is 0 Å². The van der Waals surface area contributed by atoms with Gasteiger partial charge < -0.3 is 15.4 Å². The molecule has 0 bridgehead atoms. The normalized spacial score (nSPS) is 17.1. The first-order valence-corrected chi connectivity index (χ1v) is 8.72. The molecule has 2 N–H and O–H groups in total. The molecule has 1 aliphatic rings. The second-order valence-corrected chi connectivity index (χ2v) is 6.86. The fourth-order valence-electron chi connectivity index (χ4n) is 2.86. The Kier molecular flexibility index (Phi) is 3.79. The minimum absolute atomic E-state index is 0.0709. The highest BCUT2D eigenvalue weighted by molar-refractivity contribution is 7.21. The molecule has 4 rings (SSSR count). The molecule has 0 saturated heterocycles. The van der Waals surface area contributed by atoms with Crippen molar-refractivity contribution in [1.82, 2.24) is 5.32 Å². The number of carbonyl (C=O) groups excluding carboxylic acids is 1. The molecule has 0 fully saturated rings. The van der Waals surface area contributed by atoms with Gasteiger partial charge in [-0.05, 0) is 30.7 Å². The van der Waals surface area contributed by atoms with Gasteiger partial charge in [0.25, 0.3) is 5.91 Å². The van der Waals surface area contributed by atoms with Gasteiger partial charge in [0.2, 0.25) is 0 Å². The molecule has 2 unspecified atom stereocenters. The molecule has 5 nitrogen and oxygen atoms in total. The highest BCUT2D eigenvalue weighted by Crippen LogP contribution is 2.39. The summed E-state index contributed by atoms with van der Waals surface area (Å²) < 4.78 is 6.55. The number of hydrogen-bond donors (Lipinski definition) is 2. The topological polar surface area (TPSA) is 74.1 Å². The minimum atomic E-state index is -0.502. The molecule has 0 saturated carbocycles. The van der Waals surface area contributed by atoms with Gasteiger partial charge in [-0.1, -0.05) is 30.3 Å². The molecule has 2 aromatic carbocycles. The third-order valence-electron chi connectivity index (χ3n) is 4.07. The van der Waals surface area contributed by atoms with E-state index in [0.29, 0.717) is 10.6 Å². The molecule has 1 aliphatic heterocycles. The van der Waals surface area contributed by atoms with Crippen LogP contribution in [-0.4, -0.2) is 12.0 Å². The van der Waals surface area contributed by atoms with Crippen LogP contribution in [0.4, 0.5) is 5.69 Å². The van der Waals surface area contributed by atoms with Gasteiger partial charge in [0.1, 0.15) is 22.9 Å². The molecular weight excluding hydrogens is 334 g/mol. The number of nitrogens with zero attached hydrogens (tertiary/aromatic N) is 1. The zero-order chi connectivity index (χ0) is 17.4. The van der Waals surface area contributed by atoms with Gasteiger partial charge in [0.15, 0.2) is 6.10 Å². The summed E-state index contributed by atoms with van der Waals surface area (Å²) >= 11 is 1.49. The zero-order valence-corrected chi connectivity index (χ0v) is 14.3. The Morgan fingerprint density at radius 3 is 2.68 bits per heavy atom. The highest BCUT2D eigenvalue weighted by Gasteiger charge is 2.28. The lowest BCUT2D eigenvalue weighted by molar-refractivity contribution is 0.0940. The van der Waals surface area contributed by atoms with Gasteiger partial charge in [-0.25, -0.2) is 0 Å². The van der Waals surface area contributed by atoms with E-state index in [1.54, 1.807) is 19.1 Å². The fourth-order valence-corrected chi connectivity index (χ4v) is 3.93. The first kappa shape index (κ1) is 15.5. The molecule has 2 heterocycles. The van der Waals surface area contributed by atoms with Crippen LogP contribution in [0.15, 0.2) is 48.5 Å². The number of thiophene rings is 1. The van der Waals surface area contributed by atoms with E-state index in [1.807, 2.05) is 42.5 Å². The number of benzene rings is 2. The smallest absolute Gasteiger partial charge is 0.265 e. The number of hydrogen-bond acceptors (Lipinski definition) is 5. The number of anilines is 1. The molecule has 2 atom stereocenters. The van der Waals surface area contributed by atoms with Crippen molar-refractivity contribution in [2.45, 2.75) is 19.2 Å². The summed E-state index contributed by atoms with van der Waals surface area (Å²) in [5.41, 5.74) is 1.80. The first-order valence-electron chi connectivity index (χ1n) is 7.91. The van der Waals surface area contributed by atoms with Crippen molar-refractivity contribution in [2.24, 2.45) is 0 Å². The van der Waals surface area contributed by atoms with Crippen LogP contribution in [0, 0.1) is 11.3 Å². The summed E-state index contributed by atoms with van der Waals surface area (Å²) in [5.74, 6) is 0.556. The number of carbonyl (C=O) groups is 1. The third kappa shape index (κ3) is 2.79. The molecule has 0 radical (unpaired) electrons. The van der Waals surface area contributed by atoms with Crippen molar-refractivity contribution in [3.05, 3.63) is 59.0 Å². The number of nitrogens with one attached hydrogen (secondary N) is 2. The molecule has 0 spiro atoms. The largest absolute Gasteiger partial charge is 0.476 e. The Balaban J connectivity index is 1.63. The number of nitriles is 1. The zero-order valence-electron chi connectivity index (χ0n) is 13.4. The summed E-state index contributed by atoms with van der Waals surface area (Å²) in [6.07, 6.45) is -0.807. The van der Waals surface area contributed by atoms with Crippen LogP contribution in [0.2, 0.25) is 0 Å². The molecule has 124 valence electrons. The maximum Gasteiger partial charge on any atom is 0.265 e. The van der Waals surface area contributed by atoms with Crippen molar-refractivity contribution in [2.75, 3.05) is 5.32 Å². The van der Waals surface area contributed by atoms with Gasteiger partial charge >= 0.3 is 0 Å². The second kappa shape index (κ2) is 6.11. The minimum Gasteiger partial charge on any atom is -0.476 e. The van der Waals surface area contributed by atoms with Crippen LogP contribution in [0.5, 0.6) is 5.75 Å². The van der Waals surface area contributed by atoms with Gasteiger partial charge in [-0.15, -0.1) is 11.3 Å². The number of fused-ring (bicyclic) bond motifs is 3. The lowest BCUT2D eigenvalue weighted by Crippen LogP contribution is -2.37. The lowest BCUT2D eigenvalue weighted by Gasteiger charge is -2.26. The number of rotatable bonds is 3. The molecule has 1 aromatic heterocycles. The predicted octanol–water partition coefficient (Wildman–Crippen LogP) is 4.05. The molecule has 25 heavy (non-hydrogen) atoms. The average Bonchev–Trinajstić information content (AvgIpc) is 3.02. The van der Waals surface area contributed by atoms with Crippen LogP contribution in [0.1, 0.15) is 28.3 Å². The van der Waals surface area contributed by atoms with E-state index in [1.165, 1.54) is 11.3 Å². The van der Waals surface area contributed by atoms with Crippen LogP contribution in [0.25, 0.3) is 10.1 Å². The fraction of sp³-hybridized carbons (Fsp3) is 0.158. The van der Waals surface area contributed by atoms with Crippen molar-refractivity contribution in [3.8, 4) is 11.8 Å². The summed E-state index contributed by atoms with van der Waals surface area (Å²) in [5, 5.41) is 16.3. The number of ether oxygens (including phenoxy) is 1. The van der Waals surface area contributed by atoms with E-state index in [4.69, 9.17) is 10.00 Å². The third-order valence-corrected chi connectivity index (χ3v) is 5.24. The molecular formula is C19H15N3O2S. The monoisotopic (exact) mass is 349 g/mol. The predicted molar refractivity (Wildman–Crippen MR) is 97.8 cm³/mol. The quantitative estimate of drug-likeness (QED) is 0.748. The maximum atomic E-state index is 12.5. The molecule has 1 amide bonds. The number of amides is 1. The van der Waals surface area contributed by atoms with Crippen LogP contribution >= 0.6 is 11.3 Å². The van der Waals surface area contributed by atoms with Gasteiger partial charge in [-0.2, -0.15) is 5.26 Å². The summed E-state index contributed by atoms with van der Waals surface area (Å²) in [6.45, 7) is 1.69. The average molecular weight is 349 g/mol. The Morgan fingerprint density at radius 1 is 1.16 bits per heavy atom. The van der Waals surface area contributed by atoms with Crippen LogP contribution < -0.4 is 15.4 Å². The lowest BCUT2D eigenvalue weighted by atomic mass is 10.1. The van der Waals surface area contributed by atoms with Gasteiger partial charge in [-0.3, -0.25) is 4.79 Å². The highest BCUT2D eigenvalue weighted by atomic mass is 32.1. The second-order valence-electron chi connectivity index (χ2n) is 5.81. The molecule has 0 aliphatic carbocycles. The van der Waals surface area contributed by atoms with E-state index in [9.17, 15) is 4.79 Å². The molecule has 6 heteroatoms. The van der Waals surface area contributed by atoms with Crippen molar-refractivity contribution >= 4 is 33.0 Å². The van der Waals surface area contributed by atoms with Crippen LogP contribution in [-0.2, 0) is 0 Å². The Labute approximate surface area is 148 Å². The van der Waals surface area contributed by atoms with Gasteiger partial charge in [0.05, 0.1) is 5.69 Å². The Bertz CT molecular complexity index is 988. The van der Waals surface area contributed by atoms with Crippen molar-refractivity contribution in [1.29, 1.82) is 5.26 Å². The van der Waals surface area contributed by atoms with E-state index in [-0.39, 0.29) is 12.1 Å². The first-order chi connectivity index (χ1) is 12.2. The van der Waals surface area contributed by atoms with E-state index in [2.05, 4.69) is 10.6 Å². The Morgan fingerprint density at radius 2 is 1.92 bits per heavy atom. The van der Waals surface area contributed by atoms with E-state index < -0.39 is 6.10 Å². The summed E-state index contributed by atoms with van der Waals surface area (Å²) in [6, 6.07) is 17.4. The van der Waals surface area contributed by atoms with E-state index in [0.717, 1.165) is 21.3 Å². The molecule has 3 aromatic rings. The van der Waals surface area contributed by atoms with Crippen molar-refractivity contribution < 1.29 is 9.53 Å². The summed E-state index contributed by atoms with van der Waals surface area (Å²) in [7, 11) is 0.